The van der Waals surface area contributed by atoms with Crippen molar-refractivity contribution in [3.05, 3.63) is 42.4 Å². The summed E-state index contributed by atoms with van der Waals surface area (Å²) in [6, 6.07) is 4.11. The monoisotopic (exact) mass is 275 g/mol. The van der Waals surface area contributed by atoms with E-state index in [1.807, 2.05) is 29.9 Å². The van der Waals surface area contributed by atoms with E-state index in [9.17, 15) is 5.11 Å². The number of aryl methyl sites for hydroxylation is 1. The van der Waals surface area contributed by atoms with Gasteiger partial charge in [0.1, 0.15) is 17.6 Å². The number of aliphatic hydroxyl groups is 1. The zero-order valence-corrected chi connectivity index (χ0v) is 11.7. The molecular formula is C15H21N3O2. The Labute approximate surface area is 118 Å². The lowest BCUT2D eigenvalue weighted by Crippen LogP contribution is -2.38. The van der Waals surface area contributed by atoms with Gasteiger partial charge in [-0.25, -0.2) is 4.98 Å². The van der Waals surface area contributed by atoms with Crippen molar-refractivity contribution in [2.75, 3.05) is 6.61 Å². The lowest BCUT2D eigenvalue weighted by molar-refractivity contribution is 0.199. The first-order chi connectivity index (χ1) is 9.79. The van der Waals surface area contributed by atoms with Crippen molar-refractivity contribution < 1.29 is 9.52 Å². The molecule has 2 N–H and O–H groups in total. The molecule has 3 atom stereocenters. The molecule has 0 amide bonds. The van der Waals surface area contributed by atoms with E-state index < -0.39 is 0 Å². The van der Waals surface area contributed by atoms with Crippen molar-refractivity contribution in [3.8, 4) is 0 Å². The van der Waals surface area contributed by atoms with Gasteiger partial charge in [0.05, 0.1) is 6.26 Å². The van der Waals surface area contributed by atoms with Crippen molar-refractivity contribution in [2.45, 2.75) is 31.3 Å². The van der Waals surface area contributed by atoms with Crippen molar-refractivity contribution in [2.24, 2.45) is 13.0 Å². The Bertz CT molecular complexity index is 535. The number of aliphatic hydroxyl groups excluding tert-OH is 1. The molecule has 1 fully saturated rings. The molecule has 1 aliphatic carbocycles. The molecule has 3 unspecified atom stereocenters. The van der Waals surface area contributed by atoms with Crippen LogP contribution in [0.3, 0.4) is 0 Å². The summed E-state index contributed by atoms with van der Waals surface area (Å²) in [6.45, 7) is 0.239. The fourth-order valence-electron chi connectivity index (χ4n) is 3.08. The molecule has 108 valence electrons. The average molecular weight is 275 g/mol. The summed E-state index contributed by atoms with van der Waals surface area (Å²) < 4.78 is 7.58. The summed E-state index contributed by atoms with van der Waals surface area (Å²) >= 11 is 0. The molecule has 0 aromatic carbocycles. The maximum Gasteiger partial charge on any atom is 0.133 e. The van der Waals surface area contributed by atoms with Crippen LogP contribution in [0.25, 0.3) is 0 Å². The summed E-state index contributed by atoms with van der Waals surface area (Å²) in [5.74, 6) is 2.12. The third-order valence-electron chi connectivity index (χ3n) is 4.22. The van der Waals surface area contributed by atoms with Crippen molar-refractivity contribution in [3.63, 3.8) is 0 Å². The van der Waals surface area contributed by atoms with Crippen LogP contribution in [0.5, 0.6) is 0 Å². The molecule has 5 nitrogen and oxygen atoms in total. The van der Waals surface area contributed by atoms with Crippen molar-refractivity contribution in [1.82, 2.24) is 14.9 Å². The Kier molecular flexibility index (Phi) is 3.89. The van der Waals surface area contributed by atoms with Gasteiger partial charge in [-0.1, -0.05) is 6.42 Å². The molecule has 20 heavy (non-hydrogen) atoms. The normalized spacial score (nSPS) is 24.1. The summed E-state index contributed by atoms with van der Waals surface area (Å²) in [5.41, 5.74) is 0. The summed E-state index contributed by atoms with van der Waals surface area (Å²) in [4.78, 5) is 4.44. The number of aromatic nitrogens is 2. The molecule has 2 aromatic rings. The van der Waals surface area contributed by atoms with E-state index in [4.69, 9.17) is 4.42 Å². The molecule has 1 aliphatic rings. The van der Waals surface area contributed by atoms with Crippen LogP contribution in [0.4, 0.5) is 0 Å². The summed E-state index contributed by atoms with van der Waals surface area (Å²) in [7, 11) is 1.98. The zero-order chi connectivity index (χ0) is 13.9. The molecule has 3 rings (SSSR count). The SMILES string of the molecule is Cn1ccnc1C(NC1CCCC1CO)c1ccco1. The van der Waals surface area contributed by atoms with E-state index in [0.29, 0.717) is 12.0 Å². The minimum Gasteiger partial charge on any atom is -0.467 e. The van der Waals surface area contributed by atoms with Crippen molar-refractivity contribution in [1.29, 1.82) is 0 Å². The first-order valence-electron chi connectivity index (χ1n) is 7.17. The molecule has 1 saturated carbocycles. The highest BCUT2D eigenvalue weighted by atomic mass is 16.3. The molecule has 0 aliphatic heterocycles. The van der Waals surface area contributed by atoms with E-state index in [2.05, 4.69) is 10.3 Å². The van der Waals surface area contributed by atoms with E-state index in [0.717, 1.165) is 30.8 Å². The maximum absolute atomic E-state index is 9.48. The van der Waals surface area contributed by atoms with Gasteiger partial charge >= 0.3 is 0 Å². The van der Waals surface area contributed by atoms with E-state index in [1.54, 1.807) is 12.5 Å². The highest BCUT2D eigenvalue weighted by molar-refractivity contribution is 5.16. The highest BCUT2D eigenvalue weighted by Crippen LogP contribution is 2.29. The molecule has 0 saturated heterocycles. The number of hydrogen-bond donors (Lipinski definition) is 2. The lowest BCUT2D eigenvalue weighted by atomic mass is 10.0. The van der Waals surface area contributed by atoms with Gasteiger partial charge in [0.2, 0.25) is 0 Å². The van der Waals surface area contributed by atoms with Gasteiger partial charge in [-0.15, -0.1) is 0 Å². The van der Waals surface area contributed by atoms with Crippen LogP contribution in [0.2, 0.25) is 0 Å². The van der Waals surface area contributed by atoms with Gasteiger partial charge in [-0.2, -0.15) is 0 Å². The van der Waals surface area contributed by atoms with E-state index in [-0.39, 0.29) is 12.6 Å². The van der Waals surface area contributed by atoms with Crippen LogP contribution in [0, 0.1) is 5.92 Å². The van der Waals surface area contributed by atoms with Gasteiger partial charge in [0, 0.05) is 32.1 Å². The Hall–Kier alpha value is -1.59. The van der Waals surface area contributed by atoms with Crippen LogP contribution >= 0.6 is 0 Å². The Morgan fingerprint density at radius 2 is 2.45 bits per heavy atom. The second-order valence-electron chi connectivity index (χ2n) is 5.49. The zero-order valence-electron chi connectivity index (χ0n) is 11.7. The lowest BCUT2D eigenvalue weighted by Gasteiger charge is -2.25. The third kappa shape index (κ3) is 2.51. The minimum atomic E-state index is -0.0675. The molecule has 2 heterocycles. The predicted octanol–water partition coefficient (Wildman–Crippen LogP) is 1.85. The molecule has 5 heteroatoms. The fourth-order valence-corrected chi connectivity index (χ4v) is 3.08. The first kappa shape index (κ1) is 13.4. The summed E-state index contributed by atoms with van der Waals surface area (Å²) in [5, 5.41) is 13.1. The third-order valence-corrected chi connectivity index (χ3v) is 4.22. The Balaban J connectivity index is 1.85. The van der Waals surface area contributed by atoms with Crippen LogP contribution in [-0.4, -0.2) is 27.3 Å². The topological polar surface area (TPSA) is 63.2 Å². The summed E-state index contributed by atoms with van der Waals surface area (Å²) in [6.07, 6.45) is 8.75. The van der Waals surface area contributed by atoms with Crippen LogP contribution in [0.15, 0.2) is 35.2 Å². The highest BCUT2D eigenvalue weighted by Gasteiger charge is 2.31. The minimum absolute atomic E-state index is 0.0675. The number of rotatable bonds is 5. The Morgan fingerprint density at radius 3 is 3.10 bits per heavy atom. The number of nitrogens with zero attached hydrogens (tertiary/aromatic N) is 2. The van der Waals surface area contributed by atoms with Gasteiger partial charge in [-0.05, 0) is 30.9 Å². The van der Waals surface area contributed by atoms with Crippen LogP contribution in [0.1, 0.15) is 36.9 Å². The predicted molar refractivity (Wildman–Crippen MR) is 75.1 cm³/mol. The second kappa shape index (κ2) is 5.81. The van der Waals surface area contributed by atoms with Gasteiger partial charge in [0.25, 0.3) is 0 Å². The van der Waals surface area contributed by atoms with E-state index >= 15 is 0 Å². The number of hydrogen-bond acceptors (Lipinski definition) is 4. The van der Waals surface area contributed by atoms with Gasteiger partial charge < -0.3 is 14.1 Å². The van der Waals surface area contributed by atoms with Crippen molar-refractivity contribution >= 4 is 0 Å². The average Bonchev–Trinajstić information content (AvgIpc) is 3.17. The Morgan fingerprint density at radius 1 is 1.55 bits per heavy atom. The maximum atomic E-state index is 9.48. The molecule has 0 spiro atoms. The number of furan rings is 1. The molecular weight excluding hydrogens is 254 g/mol. The van der Waals surface area contributed by atoms with Gasteiger partial charge in [-0.3, -0.25) is 5.32 Å². The fraction of sp³-hybridized carbons (Fsp3) is 0.533. The first-order valence-corrected chi connectivity index (χ1v) is 7.17. The molecule has 0 radical (unpaired) electrons. The van der Waals surface area contributed by atoms with Gasteiger partial charge in [0.15, 0.2) is 0 Å². The number of imidazole rings is 1. The smallest absolute Gasteiger partial charge is 0.133 e. The van der Waals surface area contributed by atoms with Crippen LogP contribution in [-0.2, 0) is 7.05 Å². The quantitative estimate of drug-likeness (QED) is 0.874. The number of nitrogens with one attached hydrogen (secondary N) is 1. The second-order valence-corrected chi connectivity index (χ2v) is 5.49. The largest absolute Gasteiger partial charge is 0.467 e. The molecule has 0 bridgehead atoms. The standard InChI is InChI=1S/C15H21N3O2/c1-18-8-7-16-15(18)14(13-6-3-9-20-13)17-12-5-2-4-11(12)10-19/h3,6-9,11-12,14,17,19H,2,4-5,10H2,1H3. The van der Waals surface area contributed by atoms with E-state index in [1.165, 1.54) is 0 Å². The van der Waals surface area contributed by atoms with Crippen LogP contribution < -0.4 is 5.32 Å². The molecule has 2 aromatic heterocycles.